The van der Waals surface area contributed by atoms with E-state index < -0.39 is 6.17 Å². The Morgan fingerprint density at radius 2 is 2.00 bits per heavy atom. The maximum absolute atomic E-state index is 13.0. The zero-order valence-electron chi connectivity index (χ0n) is 16.6. The number of amides is 1. The Kier molecular flexibility index (Phi) is 5.43. The summed E-state index contributed by atoms with van der Waals surface area (Å²) in [4.78, 5) is 20.2. The summed E-state index contributed by atoms with van der Waals surface area (Å²) in [5.74, 6) is 1.10. The van der Waals surface area contributed by atoms with Gasteiger partial charge in [-0.05, 0) is 55.4 Å². The summed E-state index contributed by atoms with van der Waals surface area (Å²) in [5.41, 5.74) is 3.68. The maximum atomic E-state index is 13.0. The SMILES string of the molecule is O=C(Nc1cc2cc(-c3cncs3)ccc2nn1)[C@H]1CC[C@H](CN2CC(F)C2)CC1. The van der Waals surface area contributed by atoms with Gasteiger partial charge in [-0.1, -0.05) is 6.07 Å². The molecule has 1 saturated heterocycles. The largest absolute Gasteiger partial charge is 0.309 e. The molecule has 156 valence electrons. The summed E-state index contributed by atoms with van der Waals surface area (Å²) in [5, 5.41) is 12.3. The van der Waals surface area contributed by atoms with Gasteiger partial charge in [0, 0.05) is 37.1 Å². The molecule has 1 aliphatic carbocycles. The molecule has 1 amide bonds. The van der Waals surface area contributed by atoms with Crippen LogP contribution in [0, 0.1) is 11.8 Å². The fourth-order valence-corrected chi connectivity index (χ4v) is 5.09. The van der Waals surface area contributed by atoms with Crippen molar-refractivity contribution in [2.24, 2.45) is 11.8 Å². The third-order valence-corrected chi connectivity index (χ3v) is 7.02. The normalized spacial score (nSPS) is 22.7. The topological polar surface area (TPSA) is 71.0 Å². The fourth-order valence-electron chi connectivity index (χ4n) is 4.47. The summed E-state index contributed by atoms with van der Waals surface area (Å²) in [7, 11) is 0. The van der Waals surface area contributed by atoms with Gasteiger partial charge < -0.3 is 5.32 Å². The molecule has 5 rings (SSSR count). The molecule has 2 fully saturated rings. The Morgan fingerprint density at radius 3 is 2.73 bits per heavy atom. The van der Waals surface area contributed by atoms with Crippen LogP contribution in [-0.2, 0) is 4.79 Å². The Balaban J connectivity index is 1.20. The number of thiazole rings is 1. The van der Waals surface area contributed by atoms with Crippen molar-refractivity contribution in [1.29, 1.82) is 0 Å². The third kappa shape index (κ3) is 4.20. The number of likely N-dealkylation sites (tertiary alicyclic amines) is 1. The molecule has 0 atom stereocenters. The van der Waals surface area contributed by atoms with E-state index in [9.17, 15) is 9.18 Å². The molecule has 30 heavy (non-hydrogen) atoms. The lowest BCUT2D eigenvalue weighted by Gasteiger charge is -2.38. The van der Waals surface area contributed by atoms with E-state index in [0.29, 0.717) is 24.8 Å². The second-order valence-corrected chi connectivity index (χ2v) is 9.28. The van der Waals surface area contributed by atoms with Crippen LogP contribution in [0.3, 0.4) is 0 Å². The molecule has 0 bridgehead atoms. The molecule has 0 radical (unpaired) electrons. The van der Waals surface area contributed by atoms with Crippen LogP contribution in [0.1, 0.15) is 25.7 Å². The van der Waals surface area contributed by atoms with Gasteiger partial charge in [-0.25, -0.2) is 4.39 Å². The molecule has 3 heterocycles. The molecule has 3 aromatic rings. The van der Waals surface area contributed by atoms with Crippen molar-refractivity contribution in [3.63, 3.8) is 0 Å². The van der Waals surface area contributed by atoms with E-state index in [4.69, 9.17) is 0 Å². The van der Waals surface area contributed by atoms with Crippen molar-refractivity contribution in [1.82, 2.24) is 20.1 Å². The standard InChI is InChI=1S/C22H24FN5OS/c23-18-11-28(12-18)10-14-1-3-15(4-2-14)22(29)25-21-8-17-7-16(20-9-24-13-30-20)5-6-19(17)26-27-21/h5-9,13-15,18H,1-4,10-12H2,(H,25,27,29)/t14-,15-. The number of halogens is 1. The smallest absolute Gasteiger partial charge is 0.228 e. The van der Waals surface area contributed by atoms with Gasteiger partial charge in [-0.2, -0.15) is 0 Å². The number of fused-ring (bicyclic) bond motifs is 1. The average Bonchev–Trinajstić information content (AvgIpc) is 3.27. The molecule has 8 heteroatoms. The minimum atomic E-state index is -0.645. The summed E-state index contributed by atoms with van der Waals surface area (Å²) in [6.07, 6.45) is 4.99. The van der Waals surface area contributed by atoms with Crippen molar-refractivity contribution in [3.05, 3.63) is 36.0 Å². The number of carbonyl (C=O) groups excluding carboxylic acids is 1. The van der Waals surface area contributed by atoms with Gasteiger partial charge in [-0.3, -0.25) is 14.7 Å². The first-order chi connectivity index (χ1) is 14.6. The molecular weight excluding hydrogens is 401 g/mol. The Morgan fingerprint density at radius 1 is 1.17 bits per heavy atom. The minimum Gasteiger partial charge on any atom is -0.309 e. The van der Waals surface area contributed by atoms with Crippen molar-refractivity contribution in [3.8, 4) is 10.4 Å². The lowest BCUT2D eigenvalue weighted by atomic mass is 9.81. The molecule has 2 aromatic heterocycles. The Bertz CT molecular complexity index is 1030. The second kappa shape index (κ2) is 8.35. The van der Waals surface area contributed by atoms with Crippen LogP contribution in [0.5, 0.6) is 0 Å². The number of hydrogen-bond acceptors (Lipinski definition) is 6. The van der Waals surface area contributed by atoms with Crippen molar-refractivity contribution >= 4 is 34.0 Å². The van der Waals surface area contributed by atoms with Gasteiger partial charge in [0.2, 0.25) is 5.91 Å². The molecular formula is C22H24FN5OS. The van der Waals surface area contributed by atoms with Crippen LogP contribution >= 0.6 is 11.3 Å². The monoisotopic (exact) mass is 425 g/mol. The summed E-state index contributed by atoms with van der Waals surface area (Å²) in [6, 6.07) is 7.88. The molecule has 1 saturated carbocycles. The van der Waals surface area contributed by atoms with Crippen LogP contribution in [0.25, 0.3) is 21.3 Å². The predicted molar refractivity (Wildman–Crippen MR) is 116 cm³/mol. The minimum absolute atomic E-state index is 0.00703. The lowest BCUT2D eigenvalue weighted by Crippen LogP contribution is -2.50. The van der Waals surface area contributed by atoms with E-state index in [2.05, 4.69) is 31.5 Å². The highest BCUT2D eigenvalue weighted by Crippen LogP contribution is 2.32. The van der Waals surface area contributed by atoms with E-state index in [-0.39, 0.29) is 11.8 Å². The van der Waals surface area contributed by atoms with Gasteiger partial charge in [-0.15, -0.1) is 21.5 Å². The number of anilines is 1. The van der Waals surface area contributed by atoms with E-state index in [0.717, 1.165) is 53.6 Å². The highest BCUT2D eigenvalue weighted by molar-refractivity contribution is 7.13. The molecule has 6 nitrogen and oxygen atoms in total. The van der Waals surface area contributed by atoms with Gasteiger partial charge >= 0.3 is 0 Å². The van der Waals surface area contributed by atoms with Gasteiger partial charge in [0.25, 0.3) is 0 Å². The van der Waals surface area contributed by atoms with Gasteiger partial charge in [0.15, 0.2) is 5.82 Å². The second-order valence-electron chi connectivity index (χ2n) is 8.39. The number of aromatic nitrogens is 3. The van der Waals surface area contributed by atoms with E-state index in [1.165, 1.54) is 0 Å². The highest BCUT2D eigenvalue weighted by Gasteiger charge is 2.31. The maximum Gasteiger partial charge on any atom is 0.228 e. The molecule has 1 aliphatic heterocycles. The number of hydrogen-bond donors (Lipinski definition) is 1. The quantitative estimate of drug-likeness (QED) is 0.665. The first kappa shape index (κ1) is 19.5. The third-order valence-electron chi connectivity index (χ3n) is 6.20. The molecule has 1 aromatic carbocycles. The van der Waals surface area contributed by atoms with Crippen molar-refractivity contribution in [2.75, 3.05) is 25.0 Å². The zero-order chi connectivity index (χ0) is 20.5. The molecule has 1 N–H and O–H groups in total. The average molecular weight is 426 g/mol. The number of nitrogens with one attached hydrogen (secondary N) is 1. The van der Waals surface area contributed by atoms with Gasteiger partial charge in [0.1, 0.15) is 6.17 Å². The van der Waals surface area contributed by atoms with E-state index in [1.807, 2.05) is 29.9 Å². The summed E-state index contributed by atoms with van der Waals surface area (Å²) in [6.45, 7) is 2.12. The number of benzene rings is 1. The molecule has 0 spiro atoms. The van der Waals surface area contributed by atoms with E-state index in [1.54, 1.807) is 11.3 Å². The lowest BCUT2D eigenvalue weighted by molar-refractivity contribution is -0.121. The number of nitrogens with zero attached hydrogens (tertiary/aromatic N) is 4. The molecule has 0 unspecified atom stereocenters. The number of carbonyl (C=O) groups is 1. The van der Waals surface area contributed by atoms with Crippen LogP contribution in [0.15, 0.2) is 36.0 Å². The molecule has 2 aliphatic rings. The van der Waals surface area contributed by atoms with Crippen LogP contribution < -0.4 is 5.32 Å². The van der Waals surface area contributed by atoms with Crippen LogP contribution in [0.4, 0.5) is 10.2 Å². The van der Waals surface area contributed by atoms with Crippen LogP contribution in [-0.4, -0.2) is 51.8 Å². The highest BCUT2D eigenvalue weighted by atomic mass is 32.1. The first-order valence-corrected chi connectivity index (χ1v) is 11.4. The van der Waals surface area contributed by atoms with E-state index >= 15 is 0 Å². The Hall–Kier alpha value is -2.45. The van der Waals surface area contributed by atoms with Crippen molar-refractivity contribution in [2.45, 2.75) is 31.9 Å². The van der Waals surface area contributed by atoms with Crippen LogP contribution in [0.2, 0.25) is 0 Å². The number of rotatable bonds is 5. The number of alkyl halides is 1. The first-order valence-electron chi connectivity index (χ1n) is 10.5. The van der Waals surface area contributed by atoms with Crippen molar-refractivity contribution < 1.29 is 9.18 Å². The fraction of sp³-hybridized carbons (Fsp3) is 0.455. The van der Waals surface area contributed by atoms with Gasteiger partial charge in [0.05, 0.1) is 15.9 Å². The summed E-state index contributed by atoms with van der Waals surface area (Å²) < 4.78 is 13.0. The summed E-state index contributed by atoms with van der Waals surface area (Å²) >= 11 is 1.59. The zero-order valence-corrected chi connectivity index (χ0v) is 17.4. The Labute approximate surface area is 178 Å². The predicted octanol–water partition coefficient (Wildman–Crippen LogP) is 4.15.